The highest BCUT2D eigenvalue weighted by Crippen LogP contribution is 2.19. The number of hydrogen-bond donors (Lipinski definition) is 2. The van der Waals surface area contributed by atoms with Crippen LogP contribution in [0.3, 0.4) is 0 Å². The first-order chi connectivity index (χ1) is 10.7. The van der Waals surface area contributed by atoms with Crippen molar-refractivity contribution in [2.24, 2.45) is 0 Å². The molecule has 1 aromatic rings. The number of carbonyl (C=O) groups is 2. The molecule has 1 aromatic carbocycles. The van der Waals surface area contributed by atoms with E-state index >= 15 is 0 Å². The van der Waals surface area contributed by atoms with Crippen LogP contribution in [-0.4, -0.2) is 51.7 Å². The summed E-state index contributed by atoms with van der Waals surface area (Å²) < 4.78 is 25.6. The molecule has 0 spiro atoms. The summed E-state index contributed by atoms with van der Waals surface area (Å²) in [5.74, 6) is -0.462. The van der Waals surface area contributed by atoms with Gasteiger partial charge >= 0.3 is 0 Å². The minimum atomic E-state index is -3.60. The Morgan fingerprint density at radius 2 is 1.74 bits per heavy atom. The molecule has 2 N–H and O–H groups in total. The zero-order chi connectivity index (χ0) is 17.6. The lowest BCUT2D eigenvalue weighted by atomic mass is 10.1. The van der Waals surface area contributed by atoms with E-state index in [-0.39, 0.29) is 22.3 Å². The highest BCUT2D eigenvalue weighted by Gasteiger charge is 2.21. The van der Waals surface area contributed by atoms with Gasteiger partial charge in [0.25, 0.3) is 5.91 Å². The van der Waals surface area contributed by atoms with E-state index in [0.717, 1.165) is 4.31 Å². The maximum Gasteiger partial charge on any atom is 0.251 e. The number of hydrogen-bond acceptors (Lipinski definition) is 4. The van der Waals surface area contributed by atoms with Crippen LogP contribution in [0.25, 0.3) is 0 Å². The SMILES string of the molecule is CC(=O)NCCCNC(=O)c1ccc(C)c(S(=O)(=O)N(C)C)c1. The molecular weight excluding hydrogens is 318 g/mol. The number of amides is 2. The van der Waals surface area contributed by atoms with Crippen molar-refractivity contribution in [2.75, 3.05) is 27.2 Å². The fraction of sp³-hybridized carbons (Fsp3) is 0.467. The molecule has 128 valence electrons. The van der Waals surface area contributed by atoms with Crippen LogP contribution in [0.5, 0.6) is 0 Å². The molecular formula is C15H23N3O4S. The van der Waals surface area contributed by atoms with Gasteiger partial charge in [-0.05, 0) is 31.0 Å². The first-order valence-electron chi connectivity index (χ1n) is 7.22. The van der Waals surface area contributed by atoms with Gasteiger partial charge in [0.1, 0.15) is 0 Å². The minimum Gasteiger partial charge on any atom is -0.356 e. The van der Waals surface area contributed by atoms with Gasteiger partial charge in [-0.2, -0.15) is 0 Å². The molecule has 2 amide bonds. The summed E-state index contributed by atoms with van der Waals surface area (Å²) in [4.78, 5) is 22.9. The summed E-state index contributed by atoms with van der Waals surface area (Å²) in [5.41, 5.74) is 0.872. The largest absolute Gasteiger partial charge is 0.356 e. The number of benzene rings is 1. The molecule has 0 bridgehead atoms. The predicted octanol–water partition coefficient (Wildman–Crippen LogP) is 0.501. The van der Waals surface area contributed by atoms with Crippen LogP contribution in [0.1, 0.15) is 29.3 Å². The van der Waals surface area contributed by atoms with Gasteiger partial charge in [-0.25, -0.2) is 12.7 Å². The van der Waals surface area contributed by atoms with Crippen molar-refractivity contribution in [1.82, 2.24) is 14.9 Å². The third kappa shape index (κ3) is 5.33. The molecule has 0 radical (unpaired) electrons. The molecule has 1 rings (SSSR count). The molecule has 0 saturated heterocycles. The van der Waals surface area contributed by atoms with Crippen LogP contribution < -0.4 is 10.6 Å². The summed E-state index contributed by atoms with van der Waals surface area (Å²) in [6.45, 7) is 3.98. The Bertz CT molecular complexity index is 684. The summed E-state index contributed by atoms with van der Waals surface area (Å²) in [7, 11) is -0.700. The Balaban J connectivity index is 2.78. The van der Waals surface area contributed by atoms with E-state index in [9.17, 15) is 18.0 Å². The fourth-order valence-electron chi connectivity index (χ4n) is 1.87. The van der Waals surface area contributed by atoms with Gasteiger partial charge in [0.15, 0.2) is 0 Å². The summed E-state index contributed by atoms with van der Waals surface area (Å²) >= 11 is 0. The molecule has 0 heterocycles. The van der Waals surface area contributed by atoms with Crippen LogP contribution in [0.4, 0.5) is 0 Å². The van der Waals surface area contributed by atoms with E-state index in [1.54, 1.807) is 19.1 Å². The molecule has 0 aromatic heterocycles. The number of carbonyl (C=O) groups excluding carboxylic acids is 2. The molecule has 0 aliphatic rings. The predicted molar refractivity (Wildman–Crippen MR) is 87.7 cm³/mol. The van der Waals surface area contributed by atoms with Crippen LogP contribution in [0.2, 0.25) is 0 Å². The molecule has 0 aliphatic heterocycles. The van der Waals surface area contributed by atoms with Gasteiger partial charge in [-0.15, -0.1) is 0 Å². The van der Waals surface area contributed by atoms with Crippen LogP contribution >= 0.6 is 0 Å². The van der Waals surface area contributed by atoms with Gasteiger partial charge in [0, 0.05) is 39.7 Å². The van der Waals surface area contributed by atoms with E-state index in [2.05, 4.69) is 10.6 Å². The van der Waals surface area contributed by atoms with Crippen LogP contribution in [-0.2, 0) is 14.8 Å². The monoisotopic (exact) mass is 341 g/mol. The van der Waals surface area contributed by atoms with Gasteiger partial charge in [-0.1, -0.05) is 6.07 Å². The number of sulfonamides is 1. The molecule has 0 fully saturated rings. The molecule has 23 heavy (non-hydrogen) atoms. The second-order valence-corrected chi connectivity index (χ2v) is 7.48. The molecule has 0 unspecified atom stereocenters. The van der Waals surface area contributed by atoms with Crippen molar-refractivity contribution >= 4 is 21.8 Å². The summed E-state index contributed by atoms with van der Waals surface area (Å²) in [6.07, 6.45) is 0.597. The maximum absolute atomic E-state index is 12.2. The molecule has 0 aliphatic carbocycles. The number of rotatable bonds is 7. The Morgan fingerprint density at radius 1 is 1.13 bits per heavy atom. The van der Waals surface area contributed by atoms with Crippen molar-refractivity contribution in [2.45, 2.75) is 25.2 Å². The number of nitrogens with zero attached hydrogens (tertiary/aromatic N) is 1. The van der Waals surface area contributed by atoms with Gasteiger partial charge in [0.2, 0.25) is 15.9 Å². The number of aryl methyl sites for hydroxylation is 1. The second kappa shape index (κ2) is 8.07. The normalized spacial score (nSPS) is 11.3. The molecule has 7 nitrogen and oxygen atoms in total. The molecule has 8 heteroatoms. The van der Waals surface area contributed by atoms with Crippen molar-refractivity contribution in [3.05, 3.63) is 29.3 Å². The van der Waals surface area contributed by atoms with E-state index < -0.39 is 10.0 Å². The van der Waals surface area contributed by atoms with Crippen molar-refractivity contribution in [3.8, 4) is 0 Å². The van der Waals surface area contributed by atoms with Crippen molar-refractivity contribution in [1.29, 1.82) is 0 Å². The quantitative estimate of drug-likeness (QED) is 0.706. The van der Waals surface area contributed by atoms with Gasteiger partial charge < -0.3 is 10.6 Å². The third-order valence-corrected chi connectivity index (χ3v) is 5.18. The Kier molecular flexibility index (Phi) is 6.71. The average molecular weight is 341 g/mol. The first-order valence-corrected chi connectivity index (χ1v) is 8.66. The molecule has 0 saturated carbocycles. The minimum absolute atomic E-state index is 0.117. The third-order valence-electron chi connectivity index (χ3n) is 3.22. The molecule has 0 atom stereocenters. The smallest absolute Gasteiger partial charge is 0.251 e. The van der Waals surface area contributed by atoms with E-state index in [0.29, 0.717) is 25.1 Å². The summed E-state index contributed by atoms with van der Waals surface area (Å²) in [5, 5.41) is 5.33. The lowest BCUT2D eigenvalue weighted by Crippen LogP contribution is -2.29. The average Bonchev–Trinajstić information content (AvgIpc) is 2.46. The zero-order valence-electron chi connectivity index (χ0n) is 13.8. The van der Waals surface area contributed by atoms with Gasteiger partial charge in [-0.3, -0.25) is 9.59 Å². The van der Waals surface area contributed by atoms with E-state index in [1.807, 2.05) is 0 Å². The highest BCUT2D eigenvalue weighted by molar-refractivity contribution is 7.89. The van der Waals surface area contributed by atoms with Crippen LogP contribution in [0, 0.1) is 6.92 Å². The second-order valence-electron chi connectivity index (χ2n) is 5.36. The lowest BCUT2D eigenvalue weighted by molar-refractivity contribution is -0.118. The first kappa shape index (κ1) is 19.1. The number of nitrogens with one attached hydrogen (secondary N) is 2. The lowest BCUT2D eigenvalue weighted by Gasteiger charge is -2.14. The van der Waals surface area contributed by atoms with Gasteiger partial charge in [0.05, 0.1) is 4.90 Å². The topological polar surface area (TPSA) is 95.6 Å². The van der Waals surface area contributed by atoms with Crippen LogP contribution in [0.15, 0.2) is 23.1 Å². The van der Waals surface area contributed by atoms with E-state index in [1.165, 1.54) is 27.1 Å². The zero-order valence-corrected chi connectivity index (χ0v) is 14.7. The fourth-order valence-corrected chi connectivity index (χ4v) is 3.02. The van der Waals surface area contributed by atoms with Crippen molar-refractivity contribution in [3.63, 3.8) is 0 Å². The summed E-state index contributed by atoms with van der Waals surface area (Å²) in [6, 6.07) is 4.59. The standard InChI is InChI=1S/C15H23N3O4S/c1-11-6-7-13(10-14(11)23(21,22)18(3)4)15(20)17-9-5-8-16-12(2)19/h6-7,10H,5,8-9H2,1-4H3,(H,16,19)(H,17,20). The Morgan fingerprint density at radius 3 is 2.30 bits per heavy atom. The Hall–Kier alpha value is -1.93. The van der Waals surface area contributed by atoms with Crippen molar-refractivity contribution < 1.29 is 18.0 Å². The highest BCUT2D eigenvalue weighted by atomic mass is 32.2. The maximum atomic E-state index is 12.2. The van der Waals surface area contributed by atoms with E-state index in [4.69, 9.17) is 0 Å². The Labute approximate surface area is 137 Å².